The van der Waals surface area contributed by atoms with Crippen LogP contribution in [0.1, 0.15) is 15.9 Å². The van der Waals surface area contributed by atoms with Crippen molar-refractivity contribution in [3.05, 3.63) is 90.0 Å². The predicted octanol–water partition coefficient (Wildman–Crippen LogP) is 4.99. The molecular weight excluding hydrogens is 394 g/mol. The second-order valence-electron chi connectivity index (χ2n) is 6.91. The number of para-hydroxylation sites is 3. The molecule has 0 fully saturated rings. The monoisotopic (exact) mass is 417 g/mol. The van der Waals surface area contributed by atoms with Crippen LogP contribution in [0.15, 0.2) is 88.5 Å². The summed E-state index contributed by atoms with van der Waals surface area (Å²) in [5.74, 6) is 0.547. The molecule has 6 heteroatoms. The number of carbonyl (C=O) groups is 1. The van der Waals surface area contributed by atoms with Gasteiger partial charge in [-0.15, -0.1) is 0 Å². The van der Waals surface area contributed by atoms with Gasteiger partial charge in [-0.1, -0.05) is 60.3 Å². The molecule has 30 heavy (non-hydrogen) atoms. The van der Waals surface area contributed by atoms with E-state index in [1.165, 1.54) is 11.8 Å². The van der Waals surface area contributed by atoms with E-state index in [4.69, 9.17) is 4.42 Å². The molecule has 0 aliphatic rings. The topological polar surface area (TPSA) is 58.4 Å². The smallest absolute Gasteiger partial charge is 0.257 e. The number of nitrogens with zero attached hydrogens (tertiary/aromatic N) is 2. The highest BCUT2D eigenvalue weighted by molar-refractivity contribution is 7.98. The van der Waals surface area contributed by atoms with Crippen LogP contribution in [-0.2, 0) is 5.75 Å². The Hall–Kier alpha value is -3.25. The first-order chi connectivity index (χ1) is 14.7. The number of aromatic nitrogens is 1. The first-order valence-corrected chi connectivity index (χ1v) is 10.8. The van der Waals surface area contributed by atoms with Crippen LogP contribution in [-0.4, -0.2) is 31.0 Å². The van der Waals surface area contributed by atoms with Crippen LogP contribution in [0.2, 0.25) is 0 Å². The van der Waals surface area contributed by atoms with Crippen molar-refractivity contribution in [1.82, 2.24) is 10.3 Å². The number of rotatable bonds is 8. The van der Waals surface area contributed by atoms with Crippen LogP contribution < -0.4 is 10.2 Å². The molecule has 4 rings (SSSR count). The minimum Gasteiger partial charge on any atom is -0.431 e. The molecule has 0 aliphatic carbocycles. The lowest BCUT2D eigenvalue weighted by atomic mass is 10.1. The number of anilines is 1. The fourth-order valence-corrected chi connectivity index (χ4v) is 4.01. The first-order valence-electron chi connectivity index (χ1n) is 9.81. The molecule has 0 bridgehead atoms. The standard InChI is InChI=1S/C24H23N3O2S/c1-27(19-10-3-2-4-11-19)16-15-25-23(28)20-12-6-5-9-18(20)17-30-24-26-21-13-7-8-14-22(21)29-24/h2-14H,15-17H2,1H3,(H,25,28). The number of benzene rings is 3. The van der Waals surface area contributed by atoms with Gasteiger partial charge < -0.3 is 14.6 Å². The molecule has 0 aliphatic heterocycles. The van der Waals surface area contributed by atoms with Gasteiger partial charge in [0, 0.05) is 37.1 Å². The van der Waals surface area contributed by atoms with Crippen molar-refractivity contribution in [2.24, 2.45) is 0 Å². The van der Waals surface area contributed by atoms with Crippen molar-refractivity contribution < 1.29 is 9.21 Å². The number of oxazole rings is 1. The molecule has 0 saturated heterocycles. The minimum atomic E-state index is -0.0646. The molecule has 5 nitrogen and oxygen atoms in total. The maximum atomic E-state index is 12.8. The lowest BCUT2D eigenvalue weighted by Gasteiger charge is -2.19. The summed E-state index contributed by atoms with van der Waals surface area (Å²) in [5.41, 5.74) is 4.38. The fraction of sp³-hybridized carbons (Fsp3) is 0.167. The van der Waals surface area contributed by atoms with Crippen LogP contribution in [0.4, 0.5) is 5.69 Å². The van der Waals surface area contributed by atoms with Gasteiger partial charge in [0.05, 0.1) is 0 Å². The zero-order valence-corrected chi connectivity index (χ0v) is 17.6. The molecule has 4 aromatic rings. The van der Waals surface area contributed by atoms with Gasteiger partial charge in [-0.2, -0.15) is 0 Å². The first kappa shape index (κ1) is 20.0. The van der Waals surface area contributed by atoms with Gasteiger partial charge in [0.2, 0.25) is 0 Å². The van der Waals surface area contributed by atoms with E-state index in [-0.39, 0.29) is 5.91 Å². The van der Waals surface area contributed by atoms with Gasteiger partial charge in [-0.3, -0.25) is 4.79 Å². The molecule has 3 aromatic carbocycles. The van der Waals surface area contributed by atoms with Crippen LogP contribution in [0.3, 0.4) is 0 Å². The van der Waals surface area contributed by atoms with Crippen molar-refractivity contribution >= 4 is 34.5 Å². The lowest BCUT2D eigenvalue weighted by Crippen LogP contribution is -2.33. The number of amides is 1. The highest BCUT2D eigenvalue weighted by Crippen LogP contribution is 2.27. The number of likely N-dealkylation sites (N-methyl/N-ethyl adjacent to an activating group) is 1. The van der Waals surface area contributed by atoms with E-state index >= 15 is 0 Å². The Morgan fingerprint density at radius 3 is 2.57 bits per heavy atom. The molecule has 0 radical (unpaired) electrons. The van der Waals surface area contributed by atoms with Crippen LogP contribution in [0.5, 0.6) is 0 Å². The van der Waals surface area contributed by atoms with Gasteiger partial charge in [-0.25, -0.2) is 4.98 Å². The van der Waals surface area contributed by atoms with Crippen LogP contribution in [0, 0.1) is 0 Å². The largest absolute Gasteiger partial charge is 0.431 e. The Labute approximate surface area is 180 Å². The third-order valence-corrected chi connectivity index (χ3v) is 5.69. The Morgan fingerprint density at radius 1 is 1.00 bits per heavy atom. The summed E-state index contributed by atoms with van der Waals surface area (Å²) >= 11 is 1.49. The molecule has 1 amide bonds. The quantitative estimate of drug-likeness (QED) is 0.410. The Morgan fingerprint density at radius 2 is 1.73 bits per heavy atom. The van der Waals surface area contributed by atoms with E-state index < -0.39 is 0 Å². The molecular formula is C24H23N3O2S. The number of hydrogen-bond donors (Lipinski definition) is 1. The average Bonchev–Trinajstić information content (AvgIpc) is 3.21. The van der Waals surface area contributed by atoms with Crippen molar-refractivity contribution in [2.45, 2.75) is 11.0 Å². The van der Waals surface area contributed by atoms with E-state index in [1.807, 2.05) is 73.8 Å². The summed E-state index contributed by atoms with van der Waals surface area (Å²) in [7, 11) is 2.02. The summed E-state index contributed by atoms with van der Waals surface area (Å²) in [6, 6.07) is 25.5. The van der Waals surface area contributed by atoms with Crippen LogP contribution >= 0.6 is 11.8 Å². The van der Waals surface area contributed by atoms with E-state index in [0.717, 1.165) is 28.9 Å². The molecule has 0 saturated carbocycles. The summed E-state index contributed by atoms with van der Waals surface area (Å²) in [6.07, 6.45) is 0. The van der Waals surface area contributed by atoms with E-state index in [0.29, 0.717) is 23.1 Å². The van der Waals surface area contributed by atoms with Crippen LogP contribution in [0.25, 0.3) is 11.1 Å². The summed E-state index contributed by atoms with van der Waals surface area (Å²) in [6.45, 7) is 1.30. The molecule has 0 unspecified atom stereocenters. The Balaban J connectivity index is 1.35. The van der Waals surface area contributed by atoms with E-state index in [9.17, 15) is 4.79 Å². The maximum Gasteiger partial charge on any atom is 0.257 e. The molecule has 0 atom stereocenters. The molecule has 1 aromatic heterocycles. The SMILES string of the molecule is CN(CCNC(=O)c1ccccc1CSc1nc2ccccc2o1)c1ccccc1. The fourth-order valence-electron chi connectivity index (χ4n) is 3.16. The van der Waals surface area contributed by atoms with Crippen molar-refractivity contribution in [2.75, 3.05) is 25.0 Å². The zero-order chi connectivity index (χ0) is 20.8. The van der Waals surface area contributed by atoms with Crippen molar-refractivity contribution in [3.8, 4) is 0 Å². The Kier molecular flexibility index (Phi) is 6.35. The number of nitrogens with one attached hydrogen (secondary N) is 1. The van der Waals surface area contributed by atoms with Gasteiger partial charge in [0.15, 0.2) is 5.58 Å². The van der Waals surface area contributed by atoms with E-state index in [2.05, 4.69) is 27.3 Å². The second-order valence-corrected chi connectivity index (χ2v) is 7.83. The number of thioether (sulfide) groups is 1. The summed E-state index contributed by atoms with van der Waals surface area (Å²) in [5, 5.41) is 3.64. The molecule has 0 spiro atoms. The normalized spacial score (nSPS) is 10.8. The van der Waals surface area contributed by atoms with Gasteiger partial charge in [-0.05, 0) is 35.9 Å². The van der Waals surface area contributed by atoms with E-state index in [1.54, 1.807) is 0 Å². The lowest BCUT2D eigenvalue weighted by molar-refractivity contribution is 0.0954. The summed E-state index contributed by atoms with van der Waals surface area (Å²) < 4.78 is 5.77. The van der Waals surface area contributed by atoms with Gasteiger partial charge in [0.1, 0.15) is 5.52 Å². The van der Waals surface area contributed by atoms with Gasteiger partial charge in [0.25, 0.3) is 11.1 Å². The molecule has 152 valence electrons. The number of hydrogen-bond acceptors (Lipinski definition) is 5. The maximum absolute atomic E-state index is 12.8. The minimum absolute atomic E-state index is 0.0646. The van der Waals surface area contributed by atoms with Crippen molar-refractivity contribution in [1.29, 1.82) is 0 Å². The number of carbonyl (C=O) groups excluding carboxylic acids is 1. The molecule has 1 heterocycles. The highest BCUT2D eigenvalue weighted by Gasteiger charge is 2.13. The zero-order valence-electron chi connectivity index (χ0n) is 16.7. The highest BCUT2D eigenvalue weighted by atomic mass is 32.2. The van der Waals surface area contributed by atoms with Gasteiger partial charge >= 0.3 is 0 Å². The number of fused-ring (bicyclic) bond motifs is 1. The second kappa shape index (κ2) is 9.50. The molecule has 1 N–H and O–H groups in total. The predicted molar refractivity (Wildman–Crippen MR) is 122 cm³/mol. The Bertz CT molecular complexity index is 1090. The summed E-state index contributed by atoms with van der Waals surface area (Å²) in [4.78, 5) is 19.4. The third kappa shape index (κ3) is 4.83. The third-order valence-electron chi connectivity index (χ3n) is 4.82. The van der Waals surface area contributed by atoms with Crippen molar-refractivity contribution in [3.63, 3.8) is 0 Å². The average molecular weight is 418 g/mol.